The van der Waals surface area contributed by atoms with Gasteiger partial charge in [-0.3, -0.25) is 5.41 Å². The van der Waals surface area contributed by atoms with Crippen LogP contribution in [-0.4, -0.2) is 20.0 Å². The van der Waals surface area contributed by atoms with E-state index < -0.39 is 0 Å². The Bertz CT molecular complexity index is 626. The predicted octanol–water partition coefficient (Wildman–Crippen LogP) is 3.51. The minimum atomic E-state index is 0.0489. The number of nitrogen functional groups attached to an aromatic ring is 1. The molecule has 4 nitrogen and oxygen atoms in total. The molecule has 0 radical (unpaired) electrons. The molecule has 0 aliphatic rings. The molecule has 0 amide bonds. The van der Waals surface area contributed by atoms with Crippen molar-refractivity contribution in [3.63, 3.8) is 0 Å². The standard InChI is InChI=1S/C15H16BrN3O/c1-19(11-4-6-12(20-2)7-5-11)14-9-10(16)3-8-13(14)15(17)18/h3-9H,1-2H3,(H3,17,18). The summed E-state index contributed by atoms with van der Waals surface area (Å²) in [5, 5.41) is 7.68. The quantitative estimate of drug-likeness (QED) is 0.664. The van der Waals surface area contributed by atoms with E-state index in [0.717, 1.165) is 21.6 Å². The maximum Gasteiger partial charge on any atom is 0.124 e. The summed E-state index contributed by atoms with van der Waals surface area (Å²) in [6, 6.07) is 13.4. The Balaban J connectivity index is 2.43. The molecule has 2 aromatic rings. The van der Waals surface area contributed by atoms with Crippen LogP contribution in [-0.2, 0) is 0 Å². The zero-order valence-corrected chi connectivity index (χ0v) is 12.9. The molecular formula is C15H16BrN3O. The number of benzene rings is 2. The highest BCUT2D eigenvalue weighted by atomic mass is 79.9. The summed E-state index contributed by atoms with van der Waals surface area (Å²) in [5.41, 5.74) is 8.21. The van der Waals surface area contributed by atoms with Crippen LogP contribution < -0.4 is 15.4 Å². The van der Waals surface area contributed by atoms with E-state index in [1.807, 2.05) is 54.4 Å². The molecule has 0 spiro atoms. The number of anilines is 2. The molecule has 0 aromatic heterocycles. The van der Waals surface area contributed by atoms with Crippen LogP contribution >= 0.6 is 15.9 Å². The second-order valence-electron chi connectivity index (χ2n) is 4.33. The van der Waals surface area contributed by atoms with Crippen LogP contribution in [0.1, 0.15) is 5.56 Å². The Morgan fingerprint density at radius 1 is 1.20 bits per heavy atom. The summed E-state index contributed by atoms with van der Waals surface area (Å²) in [7, 11) is 3.58. The highest BCUT2D eigenvalue weighted by molar-refractivity contribution is 9.10. The normalized spacial score (nSPS) is 10.2. The molecule has 0 bridgehead atoms. The first-order valence-electron chi connectivity index (χ1n) is 6.04. The van der Waals surface area contributed by atoms with Crippen molar-refractivity contribution in [2.75, 3.05) is 19.1 Å². The molecule has 0 unspecified atom stereocenters. The fourth-order valence-electron chi connectivity index (χ4n) is 1.95. The highest BCUT2D eigenvalue weighted by Gasteiger charge is 2.12. The lowest BCUT2D eigenvalue weighted by Gasteiger charge is -2.22. The van der Waals surface area contributed by atoms with Gasteiger partial charge in [0.25, 0.3) is 0 Å². The van der Waals surface area contributed by atoms with Gasteiger partial charge < -0.3 is 15.4 Å². The van der Waals surface area contributed by atoms with Crippen LogP contribution in [0.4, 0.5) is 11.4 Å². The third-order valence-corrected chi connectivity index (χ3v) is 3.56. The summed E-state index contributed by atoms with van der Waals surface area (Å²) in [6.45, 7) is 0. The lowest BCUT2D eigenvalue weighted by Crippen LogP contribution is -2.18. The second-order valence-corrected chi connectivity index (χ2v) is 5.25. The minimum Gasteiger partial charge on any atom is -0.497 e. The van der Waals surface area contributed by atoms with Gasteiger partial charge in [0.05, 0.1) is 12.8 Å². The topological polar surface area (TPSA) is 62.3 Å². The van der Waals surface area contributed by atoms with Crippen LogP contribution in [0.2, 0.25) is 0 Å². The number of hydrogen-bond donors (Lipinski definition) is 2. The zero-order chi connectivity index (χ0) is 14.7. The maximum atomic E-state index is 7.68. The minimum absolute atomic E-state index is 0.0489. The van der Waals surface area contributed by atoms with E-state index in [0.29, 0.717) is 5.56 Å². The van der Waals surface area contributed by atoms with Gasteiger partial charge in [0.15, 0.2) is 0 Å². The average Bonchev–Trinajstić information content (AvgIpc) is 2.46. The number of nitrogens with two attached hydrogens (primary N) is 1. The second kappa shape index (κ2) is 5.96. The van der Waals surface area contributed by atoms with Gasteiger partial charge in [-0.1, -0.05) is 15.9 Å². The molecule has 0 fully saturated rings. The summed E-state index contributed by atoms with van der Waals surface area (Å²) < 4.78 is 6.10. The number of rotatable bonds is 4. The molecule has 104 valence electrons. The van der Waals surface area contributed by atoms with Crippen molar-refractivity contribution in [2.45, 2.75) is 0 Å². The van der Waals surface area contributed by atoms with E-state index in [1.165, 1.54) is 0 Å². The van der Waals surface area contributed by atoms with Crippen molar-refractivity contribution in [1.29, 1.82) is 5.41 Å². The Labute approximate surface area is 126 Å². The first-order valence-corrected chi connectivity index (χ1v) is 6.84. The number of methoxy groups -OCH3 is 1. The summed E-state index contributed by atoms with van der Waals surface area (Å²) in [5.74, 6) is 0.857. The van der Waals surface area contributed by atoms with Gasteiger partial charge in [-0.05, 0) is 42.5 Å². The molecule has 0 saturated heterocycles. The number of nitrogens with one attached hydrogen (secondary N) is 1. The Morgan fingerprint density at radius 3 is 2.40 bits per heavy atom. The summed E-state index contributed by atoms with van der Waals surface area (Å²) >= 11 is 3.45. The van der Waals surface area contributed by atoms with Gasteiger partial charge in [-0.15, -0.1) is 0 Å². The van der Waals surface area contributed by atoms with Crippen molar-refractivity contribution in [3.8, 4) is 5.75 Å². The van der Waals surface area contributed by atoms with Crippen molar-refractivity contribution in [1.82, 2.24) is 0 Å². The largest absolute Gasteiger partial charge is 0.497 e. The van der Waals surface area contributed by atoms with Crippen molar-refractivity contribution < 1.29 is 4.74 Å². The number of nitrogens with zero attached hydrogens (tertiary/aromatic N) is 1. The van der Waals surface area contributed by atoms with Gasteiger partial charge in [-0.2, -0.15) is 0 Å². The van der Waals surface area contributed by atoms with Gasteiger partial charge in [0, 0.05) is 22.8 Å². The SMILES string of the molecule is COc1ccc(N(C)c2cc(Br)ccc2C(=N)N)cc1. The molecule has 2 rings (SSSR count). The molecule has 2 aromatic carbocycles. The number of hydrogen-bond acceptors (Lipinski definition) is 3. The van der Waals surface area contributed by atoms with Gasteiger partial charge >= 0.3 is 0 Å². The monoisotopic (exact) mass is 333 g/mol. The average molecular weight is 334 g/mol. The fraction of sp³-hybridized carbons (Fsp3) is 0.133. The van der Waals surface area contributed by atoms with E-state index in [9.17, 15) is 0 Å². The van der Waals surface area contributed by atoms with Crippen LogP contribution in [0.25, 0.3) is 0 Å². The smallest absolute Gasteiger partial charge is 0.124 e. The lowest BCUT2D eigenvalue weighted by molar-refractivity contribution is 0.415. The van der Waals surface area contributed by atoms with E-state index in [-0.39, 0.29) is 5.84 Å². The van der Waals surface area contributed by atoms with Crippen LogP contribution in [0.15, 0.2) is 46.9 Å². The number of halogens is 1. The van der Waals surface area contributed by atoms with Crippen LogP contribution in [0.3, 0.4) is 0 Å². The first kappa shape index (κ1) is 14.4. The summed E-state index contributed by atoms with van der Waals surface area (Å²) in [4.78, 5) is 1.99. The van der Waals surface area contributed by atoms with Crippen molar-refractivity contribution >= 4 is 33.1 Å². The molecule has 0 atom stereocenters. The maximum absolute atomic E-state index is 7.68. The van der Waals surface area contributed by atoms with Crippen LogP contribution in [0, 0.1) is 5.41 Å². The van der Waals surface area contributed by atoms with E-state index in [2.05, 4.69) is 15.9 Å². The third kappa shape index (κ3) is 2.93. The third-order valence-electron chi connectivity index (χ3n) is 3.07. The van der Waals surface area contributed by atoms with E-state index in [4.69, 9.17) is 15.9 Å². The van der Waals surface area contributed by atoms with Gasteiger partial charge in [-0.25, -0.2) is 0 Å². The molecular weight excluding hydrogens is 318 g/mol. The van der Waals surface area contributed by atoms with Gasteiger partial charge in [0.2, 0.25) is 0 Å². The molecule has 0 saturated carbocycles. The molecule has 0 heterocycles. The molecule has 20 heavy (non-hydrogen) atoms. The van der Waals surface area contributed by atoms with Crippen molar-refractivity contribution in [2.24, 2.45) is 5.73 Å². The lowest BCUT2D eigenvalue weighted by atomic mass is 10.1. The van der Waals surface area contributed by atoms with Crippen molar-refractivity contribution in [3.05, 3.63) is 52.5 Å². The highest BCUT2D eigenvalue weighted by Crippen LogP contribution is 2.30. The Kier molecular flexibility index (Phi) is 4.29. The fourth-order valence-corrected chi connectivity index (χ4v) is 2.30. The Hall–Kier alpha value is -2.01. The molecule has 0 aliphatic heterocycles. The predicted molar refractivity (Wildman–Crippen MR) is 86.2 cm³/mol. The van der Waals surface area contributed by atoms with Gasteiger partial charge in [0.1, 0.15) is 11.6 Å². The Morgan fingerprint density at radius 2 is 1.85 bits per heavy atom. The van der Waals surface area contributed by atoms with E-state index in [1.54, 1.807) is 7.11 Å². The first-order chi connectivity index (χ1) is 9.52. The molecule has 5 heteroatoms. The molecule has 3 N–H and O–H groups in total. The zero-order valence-electron chi connectivity index (χ0n) is 11.4. The molecule has 0 aliphatic carbocycles. The summed E-state index contributed by atoms with van der Waals surface area (Å²) in [6.07, 6.45) is 0. The van der Waals surface area contributed by atoms with Crippen LogP contribution in [0.5, 0.6) is 5.75 Å². The number of amidine groups is 1. The van der Waals surface area contributed by atoms with E-state index >= 15 is 0 Å². The number of ether oxygens (including phenoxy) is 1.